The number of H-pyrrole nitrogens is 2. The molecule has 0 unspecified atom stereocenters. The Morgan fingerprint density at radius 3 is 1.45 bits per heavy atom. The molecular weight excluding hydrogens is 578 g/mol. The quantitative estimate of drug-likeness (QED) is 0.149. The summed E-state index contributed by atoms with van der Waals surface area (Å²) in [4.78, 5) is 44.8. The van der Waals surface area contributed by atoms with Gasteiger partial charge in [-0.05, 0) is 37.8 Å². The zero-order valence-electron chi connectivity index (χ0n) is 25.4. The second-order valence-electron chi connectivity index (χ2n) is 10.1. The van der Waals surface area contributed by atoms with Crippen molar-refractivity contribution in [1.29, 1.82) is 0 Å². The molecule has 0 atom stereocenters. The first-order valence-electron chi connectivity index (χ1n) is 14.0. The van der Waals surface area contributed by atoms with Gasteiger partial charge in [-0.2, -0.15) is 8.78 Å². The van der Waals surface area contributed by atoms with Crippen molar-refractivity contribution < 1.29 is 37.3 Å². The second-order valence-corrected chi connectivity index (χ2v) is 10.1. The summed E-state index contributed by atoms with van der Waals surface area (Å²) in [5, 5.41) is 1.06. The third kappa shape index (κ3) is 9.06. The Balaban J connectivity index is 0.000000240. The average Bonchev–Trinajstić information content (AvgIpc) is 3.60. The molecule has 0 saturated heterocycles. The highest BCUT2D eigenvalue weighted by Gasteiger charge is 2.17. The first-order valence-corrected chi connectivity index (χ1v) is 14.0. The fourth-order valence-corrected chi connectivity index (χ4v) is 3.64. The molecule has 2 N–H and O–H groups in total. The Morgan fingerprint density at radius 1 is 0.727 bits per heavy atom. The minimum Gasteiger partial charge on any atom is -0.477 e. The maximum Gasteiger partial charge on any atom is 0.367 e. The summed E-state index contributed by atoms with van der Waals surface area (Å²) in [6, 6.07) is 0. The summed E-state index contributed by atoms with van der Waals surface area (Å²) in [5.41, 5.74) is 1.88. The van der Waals surface area contributed by atoms with Crippen molar-refractivity contribution in [3.05, 3.63) is 47.8 Å². The van der Waals surface area contributed by atoms with Gasteiger partial charge in [0.1, 0.15) is 23.9 Å². The van der Waals surface area contributed by atoms with Crippen molar-refractivity contribution in [3.63, 3.8) is 0 Å². The largest absolute Gasteiger partial charge is 0.477 e. The molecule has 0 spiro atoms. The lowest BCUT2D eigenvalue weighted by atomic mass is 10.2. The van der Waals surface area contributed by atoms with E-state index in [4.69, 9.17) is 9.47 Å². The molecule has 0 aromatic carbocycles. The maximum atomic E-state index is 13.8. The van der Waals surface area contributed by atoms with E-state index in [1.165, 1.54) is 12.7 Å². The van der Waals surface area contributed by atoms with Crippen LogP contribution in [0.15, 0.2) is 36.7 Å². The summed E-state index contributed by atoms with van der Waals surface area (Å²) < 4.78 is 48.1. The van der Waals surface area contributed by atoms with E-state index < -0.39 is 23.6 Å². The van der Waals surface area contributed by atoms with Crippen molar-refractivity contribution >= 4 is 46.2 Å². The second kappa shape index (κ2) is 16.1. The van der Waals surface area contributed by atoms with Crippen LogP contribution in [0.25, 0.3) is 34.2 Å². The van der Waals surface area contributed by atoms with Gasteiger partial charge >= 0.3 is 11.9 Å². The number of esters is 2. The smallest absolute Gasteiger partial charge is 0.367 e. The van der Waals surface area contributed by atoms with E-state index in [1.807, 2.05) is 27.7 Å². The molecule has 4 rings (SSSR count). The van der Waals surface area contributed by atoms with Gasteiger partial charge in [0.15, 0.2) is 0 Å². The lowest BCUT2D eigenvalue weighted by Crippen LogP contribution is -2.06. The lowest BCUT2D eigenvalue weighted by Gasteiger charge is -2.08. The van der Waals surface area contributed by atoms with Gasteiger partial charge < -0.3 is 28.9 Å². The number of aromatic nitrogens is 6. The Morgan fingerprint density at radius 2 is 1.11 bits per heavy atom. The third-order valence-corrected chi connectivity index (χ3v) is 5.54. The standard InChI is InChI=1S/2C15H18FN3O3/c2*1-4-21-15(20)11(16)5-10-6-17-13-12(10)14(19-8-18-13)22-7-9(2)3/h2*5-6,8-9H,4,7H2,1-3H3,(H,17,18,19)/b11-5+;11-5-. The fraction of sp³-hybridized carbons (Fsp3) is 0.400. The van der Waals surface area contributed by atoms with Crippen LogP contribution in [0, 0.1) is 11.8 Å². The summed E-state index contributed by atoms with van der Waals surface area (Å²) in [6.45, 7) is 12.4. The molecule has 14 heteroatoms. The SMILES string of the molecule is CCOC(=O)/C(F)=C/c1c[nH]c2ncnc(OCC(C)C)c12.CCOC(=O)/C(F)=C\c1c[nH]c2ncnc(OCC(C)C)c12. The number of nitrogens with zero attached hydrogens (tertiary/aromatic N) is 4. The highest BCUT2D eigenvalue weighted by molar-refractivity contribution is 5.98. The number of aromatic amines is 2. The minimum absolute atomic E-state index is 0.111. The molecule has 0 radical (unpaired) electrons. The summed E-state index contributed by atoms with van der Waals surface area (Å²) in [6.07, 6.45) is 7.99. The van der Waals surface area contributed by atoms with Crippen molar-refractivity contribution in [3.8, 4) is 11.8 Å². The van der Waals surface area contributed by atoms with Gasteiger partial charge in [0, 0.05) is 23.5 Å². The van der Waals surface area contributed by atoms with Crippen LogP contribution in [-0.4, -0.2) is 68.3 Å². The Labute approximate surface area is 252 Å². The number of rotatable bonds is 12. The van der Waals surface area contributed by atoms with E-state index in [0.717, 1.165) is 12.2 Å². The number of nitrogens with one attached hydrogen (secondary N) is 2. The van der Waals surface area contributed by atoms with E-state index in [1.54, 1.807) is 26.2 Å². The predicted molar refractivity (Wildman–Crippen MR) is 160 cm³/mol. The van der Waals surface area contributed by atoms with Gasteiger partial charge in [-0.25, -0.2) is 29.5 Å². The molecule has 0 saturated carbocycles. The number of hydrogen-bond donors (Lipinski definition) is 2. The topological polar surface area (TPSA) is 154 Å². The molecule has 44 heavy (non-hydrogen) atoms. The summed E-state index contributed by atoms with van der Waals surface area (Å²) in [7, 11) is 0. The highest BCUT2D eigenvalue weighted by atomic mass is 19.1. The van der Waals surface area contributed by atoms with E-state index in [0.29, 0.717) is 70.0 Å². The monoisotopic (exact) mass is 614 g/mol. The number of fused-ring (bicyclic) bond motifs is 2. The molecule has 0 aliphatic rings. The van der Waals surface area contributed by atoms with E-state index in [9.17, 15) is 18.4 Å². The van der Waals surface area contributed by atoms with Crippen LogP contribution >= 0.6 is 0 Å². The van der Waals surface area contributed by atoms with Crippen molar-refractivity contribution in [2.75, 3.05) is 26.4 Å². The van der Waals surface area contributed by atoms with Crippen LogP contribution in [-0.2, 0) is 19.1 Å². The van der Waals surface area contributed by atoms with Crippen molar-refractivity contribution in [1.82, 2.24) is 29.9 Å². The lowest BCUT2D eigenvalue weighted by molar-refractivity contribution is -0.140. The molecule has 0 bridgehead atoms. The normalized spacial score (nSPS) is 12.0. The van der Waals surface area contributed by atoms with Gasteiger partial charge in [-0.3, -0.25) is 0 Å². The van der Waals surface area contributed by atoms with E-state index in [2.05, 4.69) is 39.4 Å². The molecule has 0 aliphatic heterocycles. The Bertz CT molecular complexity index is 1510. The molecule has 0 fully saturated rings. The summed E-state index contributed by atoms with van der Waals surface area (Å²) >= 11 is 0. The molecule has 236 valence electrons. The van der Waals surface area contributed by atoms with Gasteiger partial charge in [0.2, 0.25) is 23.4 Å². The maximum absolute atomic E-state index is 13.8. The molecule has 0 aliphatic carbocycles. The Hall–Kier alpha value is -4.88. The summed E-state index contributed by atoms with van der Waals surface area (Å²) in [5.74, 6) is -2.64. The molecule has 0 amide bonds. The molecule has 12 nitrogen and oxygen atoms in total. The number of carbonyl (C=O) groups excluding carboxylic acids is 2. The molecular formula is C30H36F2N6O6. The van der Waals surface area contributed by atoms with Gasteiger partial charge in [-0.1, -0.05) is 27.7 Å². The van der Waals surface area contributed by atoms with Crippen LogP contribution in [0.2, 0.25) is 0 Å². The minimum atomic E-state index is -1.00. The van der Waals surface area contributed by atoms with Crippen LogP contribution in [0.5, 0.6) is 11.8 Å². The first-order chi connectivity index (χ1) is 21.0. The van der Waals surface area contributed by atoms with Crippen LogP contribution in [0.3, 0.4) is 0 Å². The highest BCUT2D eigenvalue weighted by Crippen LogP contribution is 2.29. The third-order valence-electron chi connectivity index (χ3n) is 5.54. The fourth-order valence-electron chi connectivity index (χ4n) is 3.64. The number of carbonyl (C=O) groups is 2. The van der Waals surface area contributed by atoms with Gasteiger partial charge in [-0.15, -0.1) is 0 Å². The molecule has 4 aromatic rings. The number of hydrogen-bond acceptors (Lipinski definition) is 10. The predicted octanol–water partition coefficient (Wildman–Crippen LogP) is 5.73. The zero-order valence-corrected chi connectivity index (χ0v) is 25.4. The average molecular weight is 615 g/mol. The van der Waals surface area contributed by atoms with E-state index >= 15 is 0 Å². The molecule has 4 heterocycles. The van der Waals surface area contributed by atoms with Gasteiger partial charge in [0.05, 0.1) is 37.2 Å². The first kappa shape index (κ1) is 33.6. The van der Waals surface area contributed by atoms with Crippen LogP contribution < -0.4 is 9.47 Å². The van der Waals surface area contributed by atoms with Gasteiger partial charge in [0.25, 0.3) is 0 Å². The zero-order chi connectivity index (χ0) is 32.2. The van der Waals surface area contributed by atoms with E-state index in [-0.39, 0.29) is 13.2 Å². The number of halogens is 2. The Kier molecular flexibility index (Phi) is 12.3. The van der Waals surface area contributed by atoms with Crippen LogP contribution in [0.4, 0.5) is 8.78 Å². The van der Waals surface area contributed by atoms with Crippen molar-refractivity contribution in [2.24, 2.45) is 11.8 Å². The van der Waals surface area contributed by atoms with Crippen LogP contribution in [0.1, 0.15) is 52.7 Å². The number of ether oxygens (including phenoxy) is 4. The van der Waals surface area contributed by atoms with Crippen molar-refractivity contribution in [2.45, 2.75) is 41.5 Å². The molecule has 4 aromatic heterocycles.